The Hall–Kier alpha value is -1.13. The van der Waals surface area contributed by atoms with Crippen LogP contribution in [0.4, 0.5) is 0 Å². The summed E-state index contributed by atoms with van der Waals surface area (Å²) in [6, 6.07) is 6.25. The average Bonchev–Trinajstić information content (AvgIpc) is 2.82. The maximum absolute atomic E-state index is 5.54. The van der Waals surface area contributed by atoms with Gasteiger partial charge in [-0.05, 0) is 53.0 Å². The van der Waals surface area contributed by atoms with Crippen molar-refractivity contribution < 1.29 is 4.42 Å². The molecule has 0 amide bonds. The molecule has 1 atom stereocenters. The van der Waals surface area contributed by atoms with Crippen LogP contribution in [0, 0.1) is 0 Å². The van der Waals surface area contributed by atoms with Crippen molar-refractivity contribution in [2.45, 2.75) is 25.8 Å². The fraction of sp³-hybridized carbons (Fsp3) is 0.357. The van der Waals surface area contributed by atoms with Crippen LogP contribution >= 0.6 is 15.9 Å². The van der Waals surface area contributed by atoms with Crippen LogP contribution in [-0.4, -0.2) is 11.5 Å². The van der Waals surface area contributed by atoms with Crippen LogP contribution in [0.3, 0.4) is 0 Å². The third kappa shape index (κ3) is 3.43. The highest BCUT2D eigenvalue weighted by Crippen LogP contribution is 2.27. The van der Waals surface area contributed by atoms with Crippen LogP contribution in [0.15, 0.2) is 45.7 Å². The molecule has 2 aromatic rings. The number of halogens is 1. The number of rotatable bonds is 6. The summed E-state index contributed by atoms with van der Waals surface area (Å²) in [5.41, 5.74) is 1.25. The van der Waals surface area contributed by atoms with Gasteiger partial charge in [0, 0.05) is 12.4 Å². The van der Waals surface area contributed by atoms with Gasteiger partial charge in [0.1, 0.15) is 5.76 Å². The molecular weight excluding hydrogens is 292 g/mol. The lowest BCUT2D eigenvalue weighted by molar-refractivity contribution is 0.399. The minimum atomic E-state index is 0.236. The normalized spacial score (nSPS) is 12.6. The second kappa shape index (κ2) is 6.71. The van der Waals surface area contributed by atoms with Crippen molar-refractivity contribution in [1.82, 2.24) is 10.3 Å². The standard InChI is InChI=1S/C14H17BrN2O/c1-2-17-13(14-12(15)7-9-18-14)6-5-11-4-3-8-16-10-11/h3-4,7-10,13,17H,2,5-6H2,1H3. The van der Waals surface area contributed by atoms with E-state index in [2.05, 4.69) is 39.2 Å². The van der Waals surface area contributed by atoms with E-state index in [1.165, 1.54) is 5.56 Å². The van der Waals surface area contributed by atoms with Crippen molar-refractivity contribution in [3.63, 3.8) is 0 Å². The summed E-state index contributed by atoms with van der Waals surface area (Å²) in [4.78, 5) is 4.14. The maximum Gasteiger partial charge on any atom is 0.134 e. The van der Waals surface area contributed by atoms with Gasteiger partial charge in [-0.15, -0.1) is 0 Å². The van der Waals surface area contributed by atoms with Gasteiger partial charge in [0.2, 0.25) is 0 Å². The molecule has 96 valence electrons. The van der Waals surface area contributed by atoms with E-state index >= 15 is 0 Å². The fourth-order valence-corrected chi connectivity index (χ4v) is 2.46. The molecule has 2 heterocycles. The number of pyridine rings is 1. The molecular formula is C14H17BrN2O. The lowest BCUT2D eigenvalue weighted by atomic mass is 10.0. The van der Waals surface area contributed by atoms with E-state index in [9.17, 15) is 0 Å². The number of aromatic nitrogens is 1. The zero-order chi connectivity index (χ0) is 12.8. The Kier molecular flexibility index (Phi) is 4.96. The van der Waals surface area contributed by atoms with Crippen molar-refractivity contribution in [1.29, 1.82) is 0 Å². The van der Waals surface area contributed by atoms with Crippen LogP contribution in [0.5, 0.6) is 0 Å². The van der Waals surface area contributed by atoms with E-state index in [1.54, 1.807) is 12.5 Å². The molecule has 0 bridgehead atoms. The van der Waals surface area contributed by atoms with Gasteiger partial charge in [-0.2, -0.15) is 0 Å². The molecule has 0 spiro atoms. The fourth-order valence-electron chi connectivity index (χ4n) is 1.98. The average molecular weight is 309 g/mol. The predicted octanol–water partition coefficient (Wildman–Crippen LogP) is 3.72. The number of furan rings is 1. The topological polar surface area (TPSA) is 38.1 Å². The van der Waals surface area contributed by atoms with Crippen molar-refractivity contribution in [3.05, 3.63) is 52.7 Å². The number of nitrogens with one attached hydrogen (secondary N) is 1. The summed E-state index contributed by atoms with van der Waals surface area (Å²) in [5.74, 6) is 0.973. The SMILES string of the molecule is CCNC(CCc1cccnc1)c1occc1Br. The highest BCUT2D eigenvalue weighted by molar-refractivity contribution is 9.10. The molecule has 0 saturated heterocycles. The molecule has 0 aliphatic carbocycles. The van der Waals surface area contributed by atoms with Gasteiger partial charge < -0.3 is 9.73 Å². The Bertz CT molecular complexity index is 470. The smallest absolute Gasteiger partial charge is 0.134 e. The Labute approximate surface area is 116 Å². The van der Waals surface area contributed by atoms with Crippen LogP contribution in [-0.2, 0) is 6.42 Å². The van der Waals surface area contributed by atoms with Crippen molar-refractivity contribution >= 4 is 15.9 Å². The van der Waals surface area contributed by atoms with Gasteiger partial charge >= 0.3 is 0 Å². The zero-order valence-electron chi connectivity index (χ0n) is 10.4. The first-order valence-corrected chi connectivity index (χ1v) is 6.95. The Morgan fingerprint density at radius 2 is 2.33 bits per heavy atom. The van der Waals surface area contributed by atoms with E-state index in [0.717, 1.165) is 29.6 Å². The van der Waals surface area contributed by atoms with Crippen LogP contribution in [0.1, 0.15) is 30.7 Å². The summed E-state index contributed by atoms with van der Waals surface area (Å²) in [6.07, 6.45) is 7.41. The van der Waals surface area contributed by atoms with Crippen molar-refractivity contribution in [2.75, 3.05) is 6.54 Å². The summed E-state index contributed by atoms with van der Waals surface area (Å²) in [7, 11) is 0. The molecule has 0 fully saturated rings. The quantitative estimate of drug-likeness (QED) is 0.884. The first-order valence-electron chi connectivity index (χ1n) is 6.16. The molecule has 1 unspecified atom stereocenters. The second-order valence-corrected chi connectivity index (χ2v) is 5.00. The monoisotopic (exact) mass is 308 g/mol. The zero-order valence-corrected chi connectivity index (χ0v) is 12.0. The van der Waals surface area contributed by atoms with Crippen LogP contribution < -0.4 is 5.32 Å². The molecule has 3 nitrogen and oxygen atoms in total. The Morgan fingerprint density at radius 3 is 2.94 bits per heavy atom. The molecule has 18 heavy (non-hydrogen) atoms. The molecule has 0 radical (unpaired) electrons. The van der Waals surface area contributed by atoms with Gasteiger partial charge in [-0.3, -0.25) is 4.98 Å². The first kappa shape index (κ1) is 13.3. The molecule has 0 aromatic carbocycles. The molecule has 0 aliphatic rings. The van der Waals surface area contributed by atoms with Gasteiger partial charge in [-0.1, -0.05) is 13.0 Å². The highest BCUT2D eigenvalue weighted by Gasteiger charge is 2.16. The van der Waals surface area contributed by atoms with E-state index in [-0.39, 0.29) is 6.04 Å². The van der Waals surface area contributed by atoms with Gasteiger partial charge in [0.25, 0.3) is 0 Å². The lowest BCUT2D eigenvalue weighted by Gasteiger charge is -2.16. The van der Waals surface area contributed by atoms with E-state index in [1.807, 2.05) is 18.3 Å². The lowest BCUT2D eigenvalue weighted by Crippen LogP contribution is -2.21. The van der Waals surface area contributed by atoms with Crippen molar-refractivity contribution in [2.24, 2.45) is 0 Å². The molecule has 0 aliphatic heterocycles. The Balaban J connectivity index is 2.01. The largest absolute Gasteiger partial charge is 0.466 e. The van der Waals surface area contributed by atoms with Crippen molar-refractivity contribution in [3.8, 4) is 0 Å². The third-order valence-corrected chi connectivity index (χ3v) is 3.51. The van der Waals surface area contributed by atoms with Crippen LogP contribution in [0.2, 0.25) is 0 Å². The predicted molar refractivity (Wildman–Crippen MR) is 75.4 cm³/mol. The van der Waals surface area contributed by atoms with Crippen LogP contribution in [0.25, 0.3) is 0 Å². The van der Waals surface area contributed by atoms with Gasteiger partial charge in [-0.25, -0.2) is 0 Å². The minimum absolute atomic E-state index is 0.236. The number of nitrogens with zero attached hydrogens (tertiary/aromatic N) is 1. The number of hydrogen-bond donors (Lipinski definition) is 1. The summed E-state index contributed by atoms with van der Waals surface area (Å²) < 4.78 is 6.57. The first-order chi connectivity index (χ1) is 8.81. The van der Waals surface area contributed by atoms with E-state index in [0.29, 0.717) is 0 Å². The maximum atomic E-state index is 5.54. The number of hydrogen-bond acceptors (Lipinski definition) is 3. The molecule has 1 N–H and O–H groups in total. The molecule has 0 saturated carbocycles. The molecule has 4 heteroatoms. The summed E-state index contributed by atoms with van der Waals surface area (Å²) >= 11 is 3.52. The van der Waals surface area contributed by atoms with E-state index in [4.69, 9.17) is 4.42 Å². The molecule has 2 aromatic heterocycles. The second-order valence-electron chi connectivity index (χ2n) is 4.14. The highest BCUT2D eigenvalue weighted by atomic mass is 79.9. The summed E-state index contributed by atoms with van der Waals surface area (Å²) in [5, 5.41) is 3.45. The van der Waals surface area contributed by atoms with E-state index < -0.39 is 0 Å². The Morgan fingerprint density at radius 1 is 1.44 bits per heavy atom. The minimum Gasteiger partial charge on any atom is -0.466 e. The van der Waals surface area contributed by atoms with Gasteiger partial charge in [0.15, 0.2) is 0 Å². The summed E-state index contributed by atoms with van der Waals surface area (Å²) in [6.45, 7) is 3.03. The van der Waals surface area contributed by atoms with Gasteiger partial charge in [0.05, 0.1) is 16.8 Å². The third-order valence-electron chi connectivity index (χ3n) is 2.86. The molecule has 2 rings (SSSR count). The number of aryl methyl sites for hydroxylation is 1.